The number of alkyl halides is 1. The average Bonchev–Trinajstić information content (AvgIpc) is 2.21. The van der Waals surface area contributed by atoms with Crippen LogP contribution in [0.5, 0.6) is 0 Å². The summed E-state index contributed by atoms with van der Waals surface area (Å²) in [6.45, 7) is 3.96. The maximum absolute atomic E-state index is 11.6. The number of carbonyl (C=O) groups excluding carboxylic acids is 2. The highest BCUT2D eigenvalue weighted by Crippen LogP contribution is 2.16. The van der Waals surface area contributed by atoms with Crippen LogP contribution in [0.4, 0.5) is 4.79 Å². The lowest BCUT2D eigenvalue weighted by Crippen LogP contribution is -2.40. The molecule has 74 valence electrons. The molecule has 13 heavy (non-hydrogen) atoms. The molecule has 0 aromatic heterocycles. The highest BCUT2D eigenvalue weighted by atomic mass is 127. The Morgan fingerprint density at radius 3 is 2.46 bits per heavy atom. The molecule has 0 aliphatic carbocycles. The van der Waals surface area contributed by atoms with Crippen molar-refractivity contribution in [3.8, 4) is 0 Å². The van der Waals surface area contributed by atoms with Crippen molar-refractivity contribution in [2.45, 2.75) is 25.8 Å². The first-order chi connectivity index (χ1) is 5.99. The lowest BCUT2D eigenvalue weighted by Gasteiger charge is -2.15. The second-order valence-electron chi connectivity index (χ2n) is 3.55. The zero-order chi connectivity index (χ0) is 10.1. The molecule has 0 radical (unpaired) electrons. The minimum absolute atomic E-state index is 0.123. The molecule has 1 saturated heterocycles. The molecule has 1 aliphatic heterocycles. The first kappa shape index (κ1) is 10.7. The molecule has 5 heteroatoms. The second kappa shape index (κ2) is 3.81. The van der Waals surface area contributed by atoms with Crippen LogP contribution in [0.1, 0.15) is 20.3 Å². The van der Waals surface area contributed by atoms with Gasteiger partial charge >= 0.3 is 6.03 Å². The van der Waals surface area contributed by atoms with Crippen LogP contribution in [-0.4, -0.2) is 33.3 Å². The Bertz CT molecular complexity index is 240. The van der Waals surface area contributed by atoms with E-state index >= 15 is 0 Å². The highest BCUT2D eigenvalue weighted by Gasteiger charge is 2.43. The summed E-state index contributed by atoms with van der Waals surface area (Å²) in [6, 6.07) is -0.264. The smallest absolute Gasteiger partial charge is 0.324 e. The Hall–Kier alpha value is -0.330. The fourth-order valence-electron chi connectivity index (χ4n) is 1.24. The van der Waals surface area contributed by atoms with E-state index in [4.69, 9.17) is 0 Å². The fraction of sp³-hybridized carbons (Fsp3) is 0.750. The molecule has 0 aromatic carbocycles. The number of carbonyl (C=O) groups is 2. The van der Waals surface area contributed by atoms with Crippen molar-refractivity contribution in [3.63, 3.8) is 0 Å². The maximum atomic E-state index is 11.6. The van der Waals surface area contributed by atoms with Crippen LogP contribution in [-0.2, 0) is 4.79 Å². The van der Waals surface area contributed by atoms with Gasteiger partial charge in [-0.05, 0) is 20.3 Å². The summed E-state index contributed by atoms with van der Waals surface area (Å²) >= 11 is 2.23. The van der Waals surface area contributed by atoms with E-state index in [1.54, 1.807) is 13.8 Å². The van der Waals surface area contributed by atoms with Gasteiger partial charge in [0.25, 0.3) is 5.91 Å². The van der Waals surface area contributed by atoms with Gasteiger partial charge in [0.05, 0.1) is 0 Å². The molecular weight excluding hydrogens is 283 g/mol. The number of halogens is 1. The van der Waals surface area contributed by atoms with Crippen LogP contribution in [0.2, 0.25) is 0 Å². The summed E-state index contributed by atoms with van der Waals surface area (Å²) in [4.78, 5) is 24.2. The van der Waals surface area contributed by atoms with E-state index in [0.29, 0.717) is 6.54 Å². The largest absolute Gasteiger partial charge is 0.325 e. The molecule has 3 amide bonds. The minimum atomic E-state index is -0.720. The van der Waals surface area contributed by atoms with E-state index in [-0.39, 0.29) is 11.9 Å². The quantitative estimate of drug-likeness (QED) is 0.482. The number of hydrogen-bond donors (Lipinski definition) is 1. The third-order valence-electron chi connectivity index (χ3n) is 1.96. The fourth-order valence-corrected chi connectivity index (χ4v) is 1.58. The van der Waals surface area contributed by atoms with Crippen LogP contribution in [0.3, 0.4) is 0 Å². The van der Waals surface area contributed by atoms with E-state index < -0.39 is 5.54 Å². The number of urea groups is 1. The highest BCUT2D eigenvalue weighted by molar-refractivity contribution is 14.1. The van der Waals surface area contributed by atoms with E-state index in [0.717, 1.165) is 10.8 Å². The molecule has 0 bridgehead atoms. The summed E-state index contributed by atoms with van der Waals surface area (Å²) in [5.74, 6) is -0.123. The molecule has 4 nitrogen and oxygen atoms in total. The maximum Gasteiger partial charge on any atom is 0.325 e. The zero-order valence-electron chi connectivity index (χ0n) is 7.76. The summed E-state index contributed by atoms with van der Waals surface area (Å²) in [5, 5.41) is 2.64. The van der Waals surface area contributed by atoms with Crippen LogP contribution < -0.4 is 5.32 Å². The summed E-state index contributed by atoms with van der Waals surface area (Å²) in [6.07, 6.45) is 0.857. The molecule has 1 N–H and O–H groups in total. The van der Waals surface area contributed by atoms with Crippen LogP contribution in [0, 0.1) is 0 Å². The van der Waals surface area contributed by atoms with Gasteiger partial charge in [-0.3, -0.25) is 9.69 Å². The topological polar surface area (TPSA) is 49.4 Å². The first-order valence-corrected chi connectivity index (χ1v) is 5.71. The molecule has 1 heterocycles. The van der Waals surface area contributed by atoms with Gasteiger partial charge < -0.3 is 5.32 Å². The van der Waals surface area contributed by atoms with Crippen LogP contribution in [0.25, 0.3) is 0 Å². The number of nitrogens with zero attached hydrogens (tertiary/aromatic N) is 1. The normalized spacial score (nSPS) is 20.7. The van der Waals surface area contributed by atoms with Gasteiger partial charge in [0.2, 0.25) is 0 Å². The van der Waals surface area contributed by atoms with Gasteiger partial charge in [-0.25, -0.2) is 4.79 Å². The lowest BCUT2D eigenvalue weighted by molar-refractivity contribution is -0.130. The van der Waals surface area contributed by atoms with Crippen LogP contribution in [0.15, 0.2) is 0 Å². The first-order valence-electron chi connectivity index (χ1n) is 4.19. The Morgan fingerprint density at radius 2 is 2.08 bits per heavy atom. The van der Waals surface area contributed by atoms with E-state index in [1.165, 1.54) is 4.90 Å². The monoisotopic (exact) mass is 296 g/mol. The van der Waals surface area contributed by atoms with Gasteiger partial charge in [0, 0.05) is 11.0 Å². The van der Waals surface area contributed by atoms with Crippen molar-refractivity contribution < 1.29 is 9.59 Å². The van der Waals surface area contributed by atoms with Gasteiger partial charge in [-0.15, -0.1) is 0 Å². The van der Waals surface area contributed by atoms with Gasteiger partial charge in [-0.2, -0.15) is 0 Å². The predicted molar refractivity (Wildman–Crippen MR) is 57.8 cm³/mol. The van der Waals surface area contributed by atoms with Crippen molar-refractivity contribution in [1.82, 2.24) is 10.2 Å². The molecule has 0 atom stereocenters. The molecule has 0 unspecified atom stereocenters. The molecular formula is C8H13IN2O2. The van der Waals surface area contributed by atoms with Gasteiger partial charge in [0.15, 0.2) is 0 Å². The van der Waals surface area contributed by atoms with Gasteiger partial charge in [0.1, 0.15) is 5.54 Å². The Balaban J connectivity index is 2.66. The van der Waals surface area contributed by atoms with Crippen molar-refractivity contribution in [2.75, 3.05) is 11.0 Å². The Morgan fingerprint density at radius 1 is 1.46 bits per heavy atom. The number of nitrogens with one attached hydrogen (secondary N) is 1. The molecule has 1 fully saturated rings. The average molecular weight is 296 g/mol. The third kappa shape index (κ3) is 2.12. The molecule has 0 spiro atoms. The second-order valence-corrected chi connectivity index (χ2v) is 4.63. The van der Waals surface area contributed by atoms with Gasteiger partial charge in [-0.1, -0.05) is 22.6 Å². The summed E-state index contributed by atoms with van der Waals surface area (Å²) in [5.41, 5.74) is -0.720. The SMILES string of the molecule is CC1(C)NC(=O)N(CCCI)C1=O. The number of hydrogen-bond acceptors (Lipinski definition) is 2. The zero-order valence-corrected chi connectivity index (χ0v) is 9.92. The number of imide groups is 1. The number of rotatable bonds is 3. The van der Waals surface area contributed by atoms with Crippen molar-refractivity contribution in [2.24, 2.45) is 0 Å². The van der Waals surface area contributed by atoms with Crippen LogP contribution >= 0.6 is 22.6 Å². The van der Waals surface area contributed by atoms with E-state index in [1.807, 2.05) is 0 Å². The van der Waals surface area contributed by atoms with E-state index in [2.05, 4.69) is 27.9 Å². The molecule has 0 aromatic rings. The predicted octanol–water partition coefficient (Wildman–Crippen LogP) is 1.14. The Kier molecular flexibility index (Phi) is 3.15. The summed E-state index contributed by atoms with van der Waals surface area (Å²) in [7, 11) is 0. The van der Waals surface area contributed by atoms with E-state index in [9.17, 15) is 9.59 Å². The van der Waals surface area contributed by atoms with Crippen molar-refractivity contribution in [3.05, 3.63) is 0 Å². The molecule has 0 saturated carbocycles. The number of amides is 3. The molecule has 1 aliphatic rings. The standard InChI is InChI=1S/C8H13IN2O2/c1-8(2)6(12)11(5-3-4-9)7(13)10-8/h3-5H2,1-2H3,(H,10,13). The Labute approximate surface area is 91.2 Å². The molecule has 1 rings (SSSR count). The van der Waals surface area contributed by atoms with Crippen molar-refractivity contribution >= 4 is 34.5 Å². The minimum Gasteiger partial charge on any atom is -0.324 e. The summed E-state index contributed by atoms with van der Waals surface area (Å²) < 4.78 is 0.954. The lowest BCUT2D eigenvalue weighted by atomic mass is 10.1. The third-order valence-corrected chi connectivity index (χ3v) is 2.72. The van der Waals surface area contributed by atoms with Crippen molar-refractivity contribution in [1.29, 1.82) is 0 Å².